The first-order valence-corrected chi connectivity index (χ1v) is 7.20. The third-order valence-corrected chi connectivity index (χ3v) is 3.75. The lowest BCUT2D eigenvalue weighted by atomic mass is 10.2. The number of hydrogen-bond donors (Lipinski definition) is 1. The van der Waals surface area contributed by atoms with E-state index in [9.17, 15) is 21.6 Å². The SMILES string of the molecule is CS(=O)(=O)c1cccc(-n2cc(C(F)(F)F)cn2)c1N. The van der Waals surface area contributed by atoms with Crippen molar-refractivity contribution in [2.24, 2.45) is 0 Å². The maximum atomic E-state index is 12.5. The van der Waals surface area contributed by atoms with Crippen LogP contribution in [0.1, 0.15) is 5.56 Å². The van der Waals surface area contributed by atoms with Crippen LogP contribution in [-0.4, -0.2) is 24.5 Å². The van der Waals surface area contributed by atoms with Crippen LogP contribution in [0.3, 0.4) is 0 Å². The molecule has 0 aliphatic rings. The minimum atomic E-state index is -4.53. The Morgan fingerprint density at radius 3 is 2.45 bits per heavy atom. The van der Waals surface area contributed by atoms with Crippen LogP contribution in [0.2, 0.25) is 0 Å². The van der Waals surface area contributed by atoms with Crippen LogP contribution in [-0.2, 0) is 16.0 Å². The van der Waals surface area contributed by atoms with Gasteiger partial charge in [-0.3, -0.25) is 0 Å². The number of para-hydroxylation sites is 1. The van der Waals surface area contributed by atoms with E-state index in [-0.39, 0.29) is 16.3 Å². The fourth-order valence-corrected chi connectivity index (χ4v) is 2.49. The molecule has 20 heavy (non-hydrogen) atoms. The molecular formula is C11H10F3N3O2S. The summed E-state index contributed by atoms with van der Waals surface area (Å²) >= 11 is 0. The lowest BCUT2D eigenvalue weighted by Gasteiger charge is -2.09. The van der Waals surface area contributed by atoms with Crippen molar-refractivity contribution in [1.29, 1.82) is 0 Å². The minimum absolute atomic E-state index is 0.0726. The van der Waals surface area contributed by atoms with Gasteiger partial charge >= 0.3 is 6.18 Å². The van der Waals surface area contributed by atoms with E-state index in [0.717, 1.165) is 17.1 Å². The first-order valence-electron chi connectivity index (χ1n) is 5.31. The molecule has 1 heterocycles. The third kappa shape index (κ3) is 2.62. The van der Waals surface area contributed by atoms with Crippen molar-refractivity contribution in [2.75, 3.05) is 12.0 Å². The second kappa shape index (κ2) is 4.51. The minimum Gasteiger partial charge on any atom is -0.396 e. The molecule has 0 spiro atoms. The average Bonchev–Trinajstić information content (AvgIpc) is 2.76. The monoisotopic (exact) mass is 305 g/mol. The number of nitrogens with two attached hydrogens (primary N) is 1. The second-order valence-corrected chi connectivity index (χ2v) is 6.12. The lowest BCUT2D eigenvalue weighted by molar-refractivity contribution is -0.137. The van der Waals surface area contributed by atoms with Crippen LogP contribution in [0.15, 0.2) is 35.5 Å². The number of nitrogen functional groups attached to an aromatic ring is 1. The standard InChI is InChI=1S/C11H10F3N3O2S/c1-20(18,19)9-4-2-3-8(10(9)15)17-6-7(5-16-17)11(12,13)14/h2-6H,15H2,1H3. The average molecular weight is 305 g/mol. The van der Waals surface area contributed by atoms with E-state index in [4.69, 9.17) is 5.73 Å². The normalized spacial score (nSPS) is 12.6. The highest BCUT2D eigenvalue weighted by Gasteiger charge is 2.32. The highest BCUT2D eigenvalue weighted by Crippen LogP contribution is 2.31. The quantitative estimate of drug-likeness (QED) is 0.859. The van der Waals surface area contributed by atoms with E-state index < -0.39 is 21.6 Å². The molecule has 0 atom stereocenters. The smallest absolute Gasteiger partial charge is 0.396 e. The van der Waals surface area contributed by atoms with E-state index in [2.05, 4.69) is 5.10 Å². The number of hydrogen-bond acceptors (Lipinski definition) is 4. The lowest BCUT2D eigenvalue weighted by Crippen LogP contribution is -2.07. The van der Waals surface area contributed by atoms with Gasteiger partial charge in [0.05, 0.1) is 28.0 Å². The van der Waals surface area contributed by atoms with E-state index >= 15 is 0 Å². The van der Waals surface area contributed by atoms with Crippen molar-refractivity contribution < 1.29 is 21.6 Å². The maximum absolute atomic E-state index is 12.5. The number of alkyl halides is 3. The maximum Gasteiger partial charge on any atom is 0.419 e. The zero-order valence-electron chi connectivity index (χ0n) is 10.2. The molecule has 0 aliphatic heterocycles. The van der Waals surface area contributed by atoms with Gasteiger partial charge in [0, 0.05) is 12.5 Å². The first-order chi connectivity index (χ1) is 9.10. The van der Waals surface area contributed by atoms with Gasteiger partial charge in [-0.05, 0) is 12.1 Å². The highest BCUT2D eigenvalue weighted by molar-refractivity contribution is 7.90. The third-order valence-electron chi connectivity index (χ3n) is 2.60. The number of benzene rings is 1. The summed E-state index contributed by atoms with van der Waals surface area (Å²) in [6, 6.07) is 4.05. The van der Waals surface area contributed by atoms with E-state index in [1.807, 2.05) is 0 Å². The predicted octanol–water partition coefficient (Wildman–Crippen LogP) is 1.88. The molecule has 0 aliphatic carbocycles. The predicted molar refractivity (Wildman–Crippen MR) is 66.1 cm³/mol. The van der Waals surface area contributed by atoms with E-state index in [1.54, 1.807) is 0 Å². The van der Waals surface area contributed by atoms with Gasteiger partial charge in [-0.1, -0.05) is 6.07 Å². The van der Waals surface area contributed by atoms with Crippen molar-refractivity contribution >= 4 is 15.5 Å². The zero-order valence-corrected chi connectivity index (χ0v) is 11.0. The van der Waals surface area contributed by atoms with Gasteiger partial charge in [-0.15, -0.1) is 0 Å². The molecular weight excluding hydrogens is 295 g/mol. The zero-order chi connectivity index (χ0) is 15.1. The molecule has 0 amide bonds. The second-order valence-electron chi connectivity index (χ2n) is 4.13. The van der Waals surface area contributed by atoms with E-state index in [1.165, 1.54) is 18.2 Å². The van der Waals surface area contributed by atoms with Crippen molar-refractivity contribution in [3.8, 4) is 5.69 Å². The van der Waals surface area contributed by atoms with Crippen LogP contribution < -0.4 is 5.73 Å². The van der Waals surface area contributed by atoms with Gasteiger partial charge in [0.2, 0.25) is 0 Å². The molecule has 9 heteroatoms. The van der Waals surface area contributed by atoms with Crippen LogP contribution >= 0.6 is 0 Å². The Kier molecular flexibility index (Phi) is 3.24. The fourth-order valence-electron chi connectivity index (χ4n) is 1.66. The largest absolute Gasteiger partial charge is 0.419 e. The molecule has 2 aromatic rings. The van der Waals surface area contributed by atoms with Gasteiger partial charge in [-0.25, -0.2) is 13.1 Å². The number of anilines is 1. The molecule has 2 N–H and O–H groups in total. The molecule has 0 saturated carbocycles. The summed E-state index contributed by atoms with van der Waals surface area (Å²) in [5.41, 5.74) is 4.68. The number of halogens is 3. The molecule has 0 bridgehead atoms. The van der Waals surface area contributed by atoms with E-state index in [0.29, 0.717) is 6.20 Å². The number of aromatic nitrogens is 2. The fraction of sp³-hybridized carbons (Fsp3) is 0.182. The van der Waals surface area contributed by atoms with Gasteiger partial charge < -0.3 is 5.73 Å². The number of nitrogens with zero attached hydrogens (tertiary/aromatic N) is 2. The first kappa shape index (κ1) is 14.4. The van der Waals surface area contributed by atoms with Gasteiger partial charge in [-0.2, -0.15) is 18.3 Å². The van der Waals surface area contributed by atoms with Gasteiger partial charge in [0.1, 0.15) is 0 Å². The Bertz CT molecular complexity index is 751. The number of rotatable bonds is 2. The Morgan fingerprint density at radius 1 is 1.30 bits per heavy atom. The molecule has 0 saturated heterocycles. The molecule has 1 aromatic heterocycles. The van der Waals surface area contributed by atoms with Crippen LogP contribution in [0, 0.1) is 0 Å². The topological polar surface area (TPSA) is 78.0 Å². The summed E-state index contributed by atoms with van der Waals surface area (Å²) in [5, 5.41) is 3.56. The van der Waals surface area contributed by atoms with Crippen LogP contribution in [0.4, 0.5) is 18.9 Å². The Labute approximate surface area is 112 Å². The summed E-state index contributed by atoms with van der Waals surface area (Å²) < 4.78 is 61.4. The molecule has 0 unspecified atom stereocenters. The summed E-state index contributed by atoms with van der Waals surface area (Å²) in [7, 11) is -3.57. The van der Waals surface area contributed by atoms with Gasteiger partial charge in [0.25, 0.3) is 0 Å². The van der Waals surface area contributed by atoms with Crippen molar-refractivity contribution in [3.05, 3.63) is 36.2 Å². The molecule has 2 rings (SSSR count). The highest BCUT2D eigenvalue weighted by atomic mass is 32.2. The van der Waals surface area contributed by atoms with Crippen molar-refractivity contribution in [2.45, 2.75) is 11.1 Å². The summed E-state index contributed by atoms with van der Waals surface area (Å²) in [6.45, 7) is 0. The Balaban J connectivity index is 2.57. The van der Waals surface area contributed by atoms with Gasteiger partial charge in [0.15, 0.2) is 9.84 Å². The molecule has 0 fully saturated rings. The molecule has 1 aromatic carbocycles. The summed E-state index contributed by atoms with van der Waals surface area (Å²) in [6.07, 6.45) is -2.17. The molecule has 108 valence electrons. The van der Waals surface area contributed by atoms with Crippen molar-refractivity contribution in [3.63, 3.8) is 0 Å². The summed E-state index contributed by atoms with van der Waals surface area (Å²) in [5.74, 6) is 0. The molecule has 0 radical (unpaired) electrons. The Morgan fingerprint density at radius 2 is 1.95 bits per heavy atom. The van der Waals surface area contributed by atoms with Crippen LogP contribution in [0.5, 0.6) is 0 Å². The Hall–Kier alpha value is -2.03. The summed E-state index contributed by atoms with van der Waals surface area (Å²) in [4.78, 5) is -0.154. The van der Waals surface area contributed by atoms with Crippen molar-refractivity contribution in [1.82, 2.24) is 9.78 Å². The molecule has 5 nitrogen and oxygen atoms in total. The van der Waals surface area contributed by atoms with Crippen LogP contribution in [0.25, 0.3) is 5.69 Å². The number of sulfone groups is 1.